The van der Waals surface area contributed by atoms with Crippen molar-refractivity contribution in [2.24, 2.45) is 7.05 Å². The Morgan fingerprint density at radius 3 is 2.92 bits per heavy atom. The fourth-order valence-corrected chi connectivity index (χ4v) is 3.17. The van der Waals surface area contributed by atoms with E-state index in [0.717, 1.165) is 57.7 Å². The van der Waals surface area contributed by atoms with Gasteiger partial charge in [0.05, 0.1) is 6.20 Å². The van der Waals surface area contributed by atoms with Crippen LogP contribution < -0.4 is 0 Å². The van der Waals surface area contributed by atoms with Crippen LogP contribution in [-0.4, -0.2) is 61.9 Å². The van der Waals surface area contributed by atoms with Crippen molar-refractivity contribution in [2.45, 2.75) is 32.7 Å². The van der Waals surface area contributed by atoms with Gasteiger partial charge in [0.2, 0.25) is 0 Å². The fraction of sp³-hybridized carbons (Fsp3) is 0.588. The van der Waals surface area contributed by atoms with Gasteiger partial charge in [-0.3, -0.25) is 19.5 Å². The van der Waals surface area contributed by atoms with Crippen LogP contribution in [0.2, 0.25) is 0 Å². The van der Waals surface area contributed by atoms with Gasteiger partial charge in [-0.05, 0) is 18.9 Å². The van der Waals surface area contributed by atoms with Gasteiger partial charge in [0.15, 0.2) is 0 Å². The molecule has 0 saturated carbocycles. The normalized spacial score (nSPS) is 16.3. The molecule has 1 N–H and O–H groups in total. The summed E-state index contributed by atoms with van der Waals surface area (Å²) in [4.78, 5) is 17.0. The lowest BCUT2D eigenvalue weighted by molar-refractivity contribution is 0.0755. The number of H-pyrrole nitrogens is 1. The second-order valence-electron chi connectivity index (χ2n) is 6.47. The van der Waals surface area contributed by atoms with Crippen molar-refractivity contribution in [1.82, 2.24) is 29.8 Å². The van der Waals surface area contributed by atoms with Crippen molar-refractivity contribution in [3.05, 3.63) is 35.4 Å². The molecule has 1 saturated heterocycles. The number of carbonyl (C=O) groups is 1. The zero-order valence-electron chi connectivity index (χ0n) is 14.5. The first-order valence-corrected chi connectivity index (χ1v) is 8.69. The molecule has 1 aliphatic rings. The smallest absolute Gasteiger partial charge is 0.274 e. The second-order valence-corrected chi connectivity index (χ2v) is 6.47. The third kappa shape index (κ3) is 4.03. The third-order valence-corrected chi connectivity index (χ3v) is 4.41. The Morgan fingerprint density at radius 1 is 1.29 bits per heavy atom. The molecular formula is C17H26N6O. The molecule has 7 nitrogen and oxygen atoms in total. The van der Waals surface area contributed by atoms with Crippen LogP contribution in [0.15, 0.2) is 18.5 Å². The summed E-state index contributed by atoms with van der Waals surface area (Å²) in [6.45, 7) is 6.42. The molecule has 3 heterocycles. The summed E-state index contributed by atoms with van der Waals surface area (Å²) in [6, 6.07) is 1.89. The maximum Gasteiger partial charge on any atom is 0.274 e. The minimum Gasteiger partial charge on any atom is -0.336 e. The van der Waals surface area contributed by atoms with Crippen molar-refractivity contribution in [3.63, 3.8) is 0 Å². The van der Waals surface area contributed by atoms with E-state index in [1.807, 2.05) is 35.1 Å². The molecule has 0 unspecified atom stereocenters. The number of hydrogen-bond donors (Lipinski definition) is 1. The van der Waals surface area contributed by atoms with Crippen LogP contribution >= 0.6 is 0 Å². The van der Waals surface area contributed by atoms with Crippen molar-refractivity contribution >= 4 is 5.91 Å². The highest BCUT2D eigenvalue weighted by Gasteiger charge is 2.22. The van der Waals surface area contributed by atoms with Gasteiger partial charge in [0, 0.05) is 57.2 Å². The molecule has 0 bridgehead atoms. The number of rotatable bonds is 5. The Hall–Kier alpha value is -2.15. The molecule has 3 rings (SSSR count). The number of hydrogen-bond acceptors (Lipinski definition) is 4. The van der Waals surface area contributed by atoms with Crippen LogP contribution in [0.4, 0.5) is 0 Å². The molecule has 7 heteroatoms. The first-order valence-electron chi connectivity index (χ1n) is 8.69. The SMILES string of the molecule is CCCc1cc(C(=O)N2CCCN(Cc3cnn(C)c3)CC2)n[nH]1. The average Bonchev–Trinajstić information content (AvgIpc) is 3.12. The standard InChI is InChI=1S/C17H26N6O/c1-3-5-15-10-16(20-19-15)17(24)23-7-4-6-22(8-9-23)13-14-11-18-21(2)12-14/h10-12H,3-9,13H2,1-2H3,(H,19,20). The maximum absolute atomic E-state index is 12.6. The van der Waals surface area contributed by atoms with Gasteiger partial charge in [-0.15, -0.1) is 0 Å². The Bertz CT molecular complexity index is 676. The molecule has 0 atom stereocenters. The van der Waals surface area contributed by atoms with E-state index < -0.39 is 0 Å². The molecule has 0 spiro atoms. The second kappa shape index (κ2) is 7.61. The predicted octanol–water partition coefficient (Wildman–Crippen LogP) is 1.44. The first-order chi connectivity index (χ1) is 11.7. The minimum atomic E-state index is 0.0387. The Balaban J connectivity index is 1.57. The van der Waals surface area contributed by atoms with E-state index in [1.54, 1.807) is 0 Å². The molecule has 0 radical (unpaired) electrons. The predicted molar refractivity (Wildman–Crippen MR) is 91.6 cm³/mol. The molecular weight excluding hydrogens is 304 g/mol. The summed E-state index contributed by atoms with van der Waals surface area (Å²) in [6.07, 6.45) is 6.92. The molecule has 2 aromatic heterocycles. The van der Waals surface area contributed by atoms with Crippen LogP contribution in [0.1, 0.15) is 41.5 Å². The Morgan fingerprint density at radius 2 is 2.17 bits per heavy atom. The number of amides is 1. The van der Waals surface area contributed by atoms with E-state index in [9.17, 15) is 4.79 Å². The molecule has 1 amide bonds. The lowest BCUT2D eigenvalue weighted by Crippen LogP contribution is -2.35. The highest BCUT2D eigenvalue weighted by Crippen LogP contribution is 2.12. The van der Waals surface area contributed by atoms with Crippen LogP contribution in [0.3, 0.4) is 0 Å². The highest BCUT2D eigenvalue weighted by molar-refractivity contribution is 5.92. The van der Waals surface area contributed by atoms with Crippen molar-refractivity contribution < 1.29 is 4.79 Å². The summed E-state index contributed by atoms with van der Waals surface area (Å²) < 4.78 is 1.83. The molecule has 24 heavy (non-hydrogen) atoms. The van der Waals surface area contributed by atoms with Crippen molar-refractivity contribution in [1.29, 1.82) is 0 Å². The Kier molecular flexibility index (Phi) is 5.30. The number of nitrogens with zero attached hydrogens (tertiary/aromatic N) is 5. The Labute approximate surface area is 142 Å². The summed E-state index contributed by atoms with van der Waals surface area (Å²) in [5.41, 5.74) is 2.79. The van der Waals surface area contributed by atoms with Gasteiger partial charge in [0.1, 0.15) is 5.69 Å². The zero-order chi connectivity index (χ0) is 16.9. The zero-order valence-corrected chi connectivity index (χ0v) is 14.5. The number of carbonyl (C=O) groups excluding carboxylic acids is 1. The molecule has 130 valence electrons. The number of aryl methyl sites for hydroxylation is 2. The average molecular weight is 330 g/mol. The van der Waals surface area contributed by atoms with Gasteiger partial charge in [-0.25, -0.2) is 0 Å². The summed E-state index contributed by atoms with van der Waals surface area (Å²) in [5.74, 6) is 0.0387. The summed E-state index contributed by atoms with van der Waals surface area (Å²) in [5, 5.41) is 11.4. The van der Waals surface area contributed by atoms with E-state index in [-0.39, 0.29) is 5.91 Å². The summed E-state index contributed by atoms with van der Waals surface area (Å²) in [7, 11) is 1.93. The highest BCUT2D eigenvalue weighted by atomic mass is 16.2. The van der Waals surface area contributed by atoms with Crippen LogP contribution in [0.25, 0.3) is 0 Å². The lowest BCUT2D eigenvalue weighted by atomic mass is 10.2. The van der Waals surface area contributed by atoms with Gasteiger partial charge >= 0.3 is 0 Å². The number of aromatic nitrogens is 4. The van der Waals surface area contributed by atoms with Crippen LogP contribution in [-0.2, 0) is 20.0 Å². The third-order valence-electron chi connectivity index (χ3n) is 4.41. The molecule has 0 aliphatic carbocycles. The van der Waals surface area contributed by atoms with Crippen LogP contribution in [0, 0.1) is 0 Å². The lowest BCUT2D eigenvalue weighted by Gasteiger charge is -2.21. The monoisotopic (exact) mass is 330 g/mol. The number of nitrogens with one attached hydrogen (secondary N) is 1. The quantitative estimate of drug-likeness (QED) is 0.901. The minimum absolute atomic E-state index is 0.0387. The van der Waals surface area contributed by atoms with Gasteiger partial charge in [-0.1, -0.05) is 13.3 Å². The van der Waals surface area contributed by atoms with E-state index >= 15 is 0 Å². The molecule has 1 aliphatic heterocycles. The first kappa shape index (κ1) is 16.7. The van der Waals surface area contributed by atoms with E-state index in [1.165, 1.54) is 5.56 Å². The number of aromatic amines is 1. The van der Waals surface area contributed by atoms with Crippen molar-refractivity contribution in [3.8, 4) is 0 Å². The molecule has 0 aromatic carbocycles. The molecule has 1 fully saturated rings. The van der Waals surface area contributed by atoms with E-state index in [0.29, 0.717) is 5.69 Å². The van der Waals surface area contributed by atoms with Crippen molar-refractivity contribution in [2.75, 3.05) is 26.2 Å². The molecule has 2 aromatic rings. The van der Waals surface area contributed by atoms with Gasteiger partial charge in [-0.2, -0.15) is 10.2 Å². The topological polar surface area (TPSA) is 70.1 Å². The fourth-order valence-electron chi connectivity index (χ4n) is 3.17. The van der Waals surface area contributed by atoms with E-state index in [2.05, 4.69) is 27.1 Å². The summed E-state index contributed by atoms with van der Waals surface area (Å²) >= 11 is 0. The van der Waals surface area contributed by atoms with Gasteiger partial charge < -0.3 is 4.90 Å². The van der Waals surface area contributed by atoms with Crippen LogP contribution in [0.5, 0.6) is 0 Å². The van der Waals surface area contributed by atoms with Gasteiger partial charge in [0.25, 0.3) is 5.91 Å². The maximum atomic E-state index is 12.6. The van der Waals surface area contributed by atoms with E-state index in [4.69, 9.17) is 0 Å². The largest absolute Gasteiger partial charge is 0.336 e.